The Morgan fingerprint density at radius 1 is 1.24 bits per heavy atom. The summed E-state index contributed by atoms with van der Waals surface area (Å²) >= 11 is 0. The van der Waals surface area contributed by atoms with E-state index in [0.29, 0.717) is 23.9 Å². The Bertz CT molecular complexity index is 401. The number of piperidine rings is 1. The first-order chi connectivity index (χ1) is 8.25. The highest BCUT2D eigenvalue weighted by atomic mass is 16.1. The number of nitrogens with zero attached hydrogens (tertiary/aromatic N) is 2. The minimum atomic E-state index is 0.406. The van der Waals surface area contributed by atoms with Gasteiger partial charge in [0.05, 0.1) is 0 Å². The van der Waals surface area contributed by atoms with E-state index in [9.17, 15) is 4.79 Å². The second-order valence-corrected chi connectivity index (χ2v) is 5.24. The molecule has 1 aromatic heterocycles. The summed E-state index contributed by atoms with van der Waals surface area (Å²) < 4.78 is 0. The van der Waals surface area contributed by atoms with Gasteiger partial charge < -0.3 is 0 Å². The van der Waals surface area contributed by atoms with Crippen LogP contribution >= 0.6 is 0 Å². The van der Waals surface area contributed by atoms with Crippen molar-refractivity contribution in [1.82, 2.24) is 9.88 Å². The summed E-state index contributed by atoms with van der Waals surface area (Å²) in [6.07, 6.45) is 7.58. The monoisotopic (exact) mass is 230 g/mol. The van der Waals surface area contributed by atoms with Gasteiger partial charge in [0.2, 0.25) is 0 Å². The van der Waals surface area contributed by atoms with E-state index < -0.39 is 0 Å². The molecular weight excluding hydrogens is 212 g/mol. The molecule has 3 atom stereocenters. The van der Waals surface area contributed by atoms with Gasteiger partial charge in [0.25, 0.3) is 0 Å². The molecule has 3 unspecified atom stereocenters. The van der Waals surface area contributed by atoms with E-state index in [1.54, 1.807) is 0 Å². The van der Waals surface area contributed by atoms with Gasteiger partial charge in [-0.2, -0.15) is 0 Å². The van der Waals surface area contributed by atoms with Crippen LogP contribution in [0.4, 0.5) is 0 Å². The summed E-state index contributed by atoms with van der Waals surface area (Å²) in [6, 6.07) is 5.53. The number of rotatable bonds is 2. The van der Waals surface area contributed by atoms with Gasteiger partial charge in [-0.15, -0.1) is 0 Å². The third kappa shape index (κ3) is 1.89. The molecule has 3 rings (SSSR count). The Hall–Kier alpha value is -1.22. The zero-order chi connectivity index (χ0) is 11.8. The van der Waals surface area contributed by atoms with Gasteiger partial charge in [-0.25, -0.2) is 0 Å². The van der Waals surface area contributed by atoms with Crippen LogP contribution in [0.3, 0.4) is 0 Å². The second-order valence-electron chi connectivity index (χ2n) is 5.24. The fraction of sp³-hybridized carbons (Fsp3) is 0.571. The zero-order valence-corrected chi connectivity index (χ0v) is 10.2. The molecule has 17 heavy (non-hydrogen) atoms. The third-order valence-electron chi connectivity index (χ3n) is 4.24. The average Bonchev–Trinajstić information content (AvgIpc) is 2.62. The number of fused-ring (bicyclic) bond motifs is 2. The average molecular weight is 230 g/mol. The van der Waals surface area contributed by atoms with Crippen molar-refractivity contribution in [3.8, 4) is 0 Å². The lowest BCUT2D eigenvalue weighted by atomic mass is 9.97. The number of ketones is 1. The van der Waals surface area contributed by atoms with E-state index in [4.69, 9.17) is 0 Å². The minimum absolute atomic E-state index is 0.406. The maximum absolute atomic E-state index is 11.6. The van der Waals surface area contributed by atoms with Gasteiger partial charge in [-0.3, -0.25) is 14.7 Å². The van der Waals surface area contributed by atoms with Crippen LogP contribution in [0.1, 0.15) is 44.2 Å². The summed E-state index contributed by atoms with van der Waals surface area (Å²) in [7, 11) is 0. The van der Waals surface area contributed by atoms with Crippen LogP contribution in [0.25, 0.3) is 0 Å². The fourth-order valence-corrected chi connectivity index (χ4v) is 3.45. The Morgan fingerprint density at radius 3 is 2.41 bits per heavy atom. The van der Waals surface area contributed by atoms with Crippen molar-refractivity contribution >= 4 is 5.78 Å². The molecule has 1 aromatic rings. The summed E-state index contributed by atoms with van der Waals surface area (Å²) in [6.45, 7) is 2.25. The first kappa shape index (κ1) is 10.9. The van der Waals surface area contributed by atoms with Crippen LogP contribution < -0.4 is 0 Å². The third-order valence-corrected chi connectivity index (χ3v) is 4.24. The maximum Gasteiger partial charge on any atom is 0.136 e. The summed E-state index contributed by atoms with van der Waals surface area (Å²) in [5.74, 6) is 0.454. The molecule has 3 nitrogen and oxygen atoms in total. The molecule has 2 bridgehead atoms. The molecule has 2 aliphatic rings. The van der Waals surface area contributed by atoms with Crippen LogP contribution in [0.2, 0.25) is 0 Å². The van der Waals surface area contributed by atoms with Crippen molar-refractivity contribution in [3.05, 3.63) is 30.1 Å². The van der Waals surface area contributed by atoms with Crippen molar-refractivity contribution in [2.75, 3.05) is 0 Å². The van der Waals surface area contributed by atoms with Crippen LogP contribution in [0.5, 0.6) is 0 Å². The molecule has 2 aliphatic heterocycles. The number of carbonyl (C=O) groups excluding carboxylic acids is 1. The SMILES string of the molecule is CC(c1ccncc1)N1C2CCC1CC(=O)C2. The Labute approximate surface area is 102 Å². The predicted molar refractivity (Wildman–Crippen MR) is 65.5 cm³/mol. The quantitative estimate of drug-likeness (QED) is 0.782. The first-order valence-corrected chi connectivity index (χ1v) is 6.45. The highest BCUT2D eigenvalue weighted by Gasteiger charge is 2.42. The standard InChI is InChI=1S/C14H18N2O/c1-10(11-4-6-15-7-5-11)16-12-2-3-13(16)9-14(17)8-12/h4-7,10,12-13H,2-3,8-9H2,1H3. The summed E-state index contributed by atoms with van der Waals surface area (Å²) in [5, 5.41) is 0. The Morgan fingerprint density at radius 2 is 1.82 bits per heavy atom. The molecule has 0 spiro atoms. The van der Waals surface area contributed by atoms with E-state index in [1.165, 1.54) is 18.4 Å². The molecule has 0 saturated carbocycles. The van der Waals surface area contributed by atoms with Gasteiger partial charge in [-0.05, 0) is 37.5 Å². The maximum atomic E-state index is 11.6. The number of carbonyl (C=O) groups is 1. The number of aromatic nitrogens is 1. The van der Waals surface area contributed by atoms with Crippen molar-refractivity contribution in [2.45, 2.75) is 50.7 Å². The van der Waals surface area contributed by atoms with Crippen LogP contribution in [0.15, 0.2) is 24.5 Å². The van der Waals surface area contributed by atoms with E-state index in [-0.39, 0.29) is 0 Å². The Kier molecular flexibility index (Phi) is 2.71. The molecule has 0 radical (unpaired) electrons. The van der Waals surface area contributed by atoms with Crippen molar-refractivity contribution in [3.63, 3.8) is 0 Å². The lowest BCUT2D eigenvalue weighted by Crippen LogP contribution is -2.44. The molecular formula is C14H18N2O. The molecule has 0 N–H and O–H groups in total. The molecule has 0 aromatic carbocycles. The molecule has 2 fully saturated rings. The van der Waals surface area contributed by atoms with Gasteiger partial charge in [-0.1, -0.05) is 0 Å². The van der Waals surface area contributed by atoms with Crippen molar-refractivity contribution in [1.29, 1.82) is 0 Å². The summed E-state index contributed by atoms with van der Waals surface area (Å²) in [5.41, 5.74) is 1.31. The minimum Gasteiger partial charge on any atom is -0.300 e. The van der Waals surface area contributed by atoms with Crippen LogP contribution in [0, 0.1) is 0 Å². The van der Waals surface area contributed by atoms with E-state index in [0.717, 1.165) is 12.8 Å². The number of Topliss-reactive ketones (excluding diaryl/α,β-unsaturated/α-hetero) is 1. The number of pyridine rings is 1. The van der Waals surface area contributed by atoms with Gasteiger partial charge >= 0.3 is 0 Å². The molecule has 0 aliphatic carbocycles. The smallest absolute Gasteiger partial charge is 0.136 e. The topological polar surface area (TPSA) is 33.2 Å². The lowest BCUT2D eigenvalue weighted by molar-refractivity contribution is -0.124. The van der Waals surface area contributed by atoms with E-state index in [1.807, 2.05) is 12.4 Å². The van der Waals surface area contributed by atoms with Crippen LogP contribution in [-0.4, -0.2) is 27.8 Å². The molecule has 0 amide bonds. The second kappa shape index (κ2) is 4.22. The van der Waals surface area contributed by atoms with E-state index in [2.05, 4.69) is 28.9 Å². The first-order valence-electron chi connectivity index (χ1n) is 6.45. The summed E-state index contributed by atoms with van der Waals surface area (Å²) in [4.78, 5) is 18.2. The Balaban J connectivity index is 1.84. The highest BCUT2D eigenvalue weighted by Crippen LogP contribution is 2.39. The molecule has 2 saturated heterocycles. The number of hydrogen-bond donors (Lipinski definition) is 0. The lowest BCUT2D eigenvalue weighted by Gasteiger charge is -2.38. The largest absolute Gasteiger partial charge is 0.300 e. The molecule has 90 valence electrons. The highest BCUT2D eigenvalue weighted by molar-refractivity contribution is 5.81. The number of hydrogen-bond acceptors (Lipinski definition) is 3. The molecule has 3 heterocycles. The van der Waals surface area contributed by atoms with Gasteiger partial charge in [0.1, 0.15) is 5.78 Å². The predicted octanol–water partition coefficient (Wildman–Crippen LogP) is 2.34. The van der Waals surface area contributed by atoms with Gasteiger partial charge in [0.15, 0.2) is 0 Å². The van der Waals surface area contributed by atoms with Crippen LogP contribution in [-0.2, 0) is 4.79 Å². The normalized spacial score (nSPS) is 30.5. The fourth-order valence-electron chi connectivity index (χ4n) is 3.45. The van der Waals surface area contributed by atoms with Crippen molar-refractivity contribution in [2.24, 2.45) is 0 Å². The van der Waals surface area contributed by atoms with E-state index >= 15 is 0 Å². The zero-order valence-electron chi connectivity index (χ0n) is 10.2. The molecule has 3 heteroatoms. The van der Waals surface area contributed by atoms with Gasteiger partial charge in [0, 0.05) is 43.4 Å². The van der Waals surface area contributed by atoms with Crippen molar-refractivity contribution < 1.29 is 4.79 Å².